The number of rotatable bonds is 4. The molecule has 0 aromatic heterocycles. The Kier molecular flexibility index (Phi) is 4.96. The molecule has 2 aliphatic rings. The number of nitrogens with zero attached hydrogens (tertiary/aromatic N) is 2. The predicted octanol–water partition coefficient (Wildman–Crippen LogP) is 1.97. The van der Waals surface area contributed by atoms with E-state index in [9.17, 15) is 14.7 Å². The van der Waals surface area contributed by atoms with Gasteiger partial charge in [0.05, 0.1) is 12.0 Å². The summed E-state index contributed by atoms with van der Waals surface area (Å²) >= 11 is 0. The van der Waals surface area contributed by atoms with Gasteiger partial charge in [0.2, 0.25) is 5.91 Å². The standard InChI is InChI=1S/C18H24N2O3/c21-17(20-11-4-8-15(13-20)18(22)23)16-9-5-10-19(16)12-14-6-2-1-3-7-14/h1-3,6-7,15-16H,4-5,8-13H2,(H,22,23). The van der Waals surface area contributed by atoms with Crippen LogP contribution in [0.1, 0.15) is 31.2 Å². The SMILES string of the molecule is O=C(O)C1CCCN(C(=O)C2CCCN2Cc2ccccc2)C1. The monoisotopic (exact) mass is 316 g/mol. The van der Waals surface area contributed by atoms with Gasteiger partial charge in [-0.1, -0.05) is 30.3 Å². The summed E-state index contributed by atoms with van der Waals surface area (Å²) in [6, 6.07) is 10.1. The van der Waals surface area contributed by atoms with Gasteiger partial charge in [0, 0.05) is 19.6 Å². The molecule has 3 rings (SSSR count). The molecule has 2 atom stereocenters. The lowest BCUT2D eigenvalue weighted by atomic mass is 9.97. The first-order valence-corrected chi connectivity index (χ1v) is 8.44. The van der Waals surface area contributed by atoms with Crippen molar-refractivity contribution in [3.05, 3.63) is 35.9 Å². The van der Waals surface area contributed by atoms with Gasteiger partial charge in [-0.2, -0.15) is 0 Å². The van der Waals surface area contributed by atoms with Crippen molar-refractivity contribution in [2.24, 2.45) is 5.92 Å². The average Bonchev–Trinajstić information content (AvgIpc) is 3.03. The van der Waals surface area contributed by atoms with E-state index in [0.717, 1.165) is 32.4 Å². The molecule has 5 heteroatoms. The van der Waals surface area contributed by atoms with E-state index >= 15 is 0 Å². The highest BCUT2D eigenvalue weighted by Gasteiger charge is 2.36. The fourth-order valence-corrected chi connectivity index (χ4v) is 3.70. The van der Waals surface area contributed by atoms with Crippen molar-refractivity contribution in [1.29, 1.82) is 0 Å². The summed E-state index contributed by atoms with van der Waals surface area (Å²) in [5.41, 5.74) is 1.22. The minimum absolute atomic E-state index is 0.0947. The molecule has 0 radical (unpaired) electrons. The average molecular weight is 316 g/mol. The molecule has 1 N–H and O–H groups in total. The number of carboxylic acids is 1. The van der Waals surface area contributed by atoms with E-state index in [4.69, 9.17) is 0 Å². The van der Waals surface area contributed by atoms with Gasteiger partial charge in [0.25, 0.3) is 0 Å². The lowest BCUT2D eigenvalue weighted by Crippen LogP contribution is -2.50. The normalized spacial score (nSPS) is 25.5. The first kappa shape index (κ1) is 16.0. The number of carboxylic acid groups (broad SMARTS) is 1. The maximum absolute atomic E-state index is 12.9. The van der Waals surface area contributed by atoms with Gasteiger partial charge < -0.3 is 10.0 Å². The summed E-state index contributed by atoms with van der Waals surface area (Å²) in [5.74, 6) is -1.07. The zero-order chi connectivity index (χ0) is 16.2. The van der Waals surface area contributed by atoms with Gasteiger partial charge in [-0.05, 0) is 37.8 Å². The van der Waals surface area contributed by atoms with Crippen LogP contribution < -0.4 is 0 Å². The van der Waals surface area contributed by atoms with Crippen LogP contribution in [0.15, 0.2) is 30.3 Å². The fraction of sp³-hybridized carbons (Fsp3) is 0.556. The summed E-state index contributed by atoms with van der Waals surface area (Å²) in [4.78, 5) is 28.1. The van der Waals surface area contributed by atoms with Crippen molar-refractivity contribution in [1.82, 2.24) is 9.80 Å². The molecular formula is C18H24N2O3. The van der Waals surface area contributed by atoms with Crippen LogP contribution in [-0.4, -0.2) is 52.5 Å². The zero-order valence-electron chi connectivity index (χ0n) is 13.4. The third-order valence-electron chi connectivity index (χ3n) is 4.96. The van der Waals surface area contributed by atoms with Gasteiger partial charge in [0.1, 0.15) is 0 Å². The van der Waals surface area contributed by atoms with E-state index in [1.165, 1.54) is 5.56 Å². The molecule has 2 unspecified atom stereocenters. The molecule has 124 valence electrons. The van der Waals surface area contributed by atoms with Crippen LogP contribution in [0.2, 0.25) is 0 Å². The second-order valence-corrected chi connectivity index (χ2v) is 6.58. The largest absolute Gasteiger partial charge is 0.481 e. The van der Waals surface area contributed by atoms with Gasteiger partial charge in [-0.15, -0.1) is 0 Å². The number of hydrogen-bond donors (Lipinski definition) is 1. The van der Waals surface area contributed by atoms with Crippen molar-refractivity contribution in [2.75, 3.05) is 19.6 Å². The summed E-state index contributed by atoms with van der Waals surface area (Å²) in [6.07, 6.45) is 3.37. The topological polar surface area (TPSA) is 60.9 Å². The number of benzene rings is 1. The highest BCUT2D eigenvalue weighted by Crippen LogP contribution is 2.24. The van der Waals surface area contributed by atoms with Gasteiger partial charge >= 0.3 is 5.97 Å². The lowest BCUT2D eigenvalue weighted by Gasteiger charge is -2.35. The number of likely N-dealkylation sites (tertiary alicyclic amines) is 2. The van der Waals surface area contributed by atoms with Crippen molar-refractivity contribution < 1.29 is 14.7 Å². The van der Waals surface area contributed by atoms with Crippen LogP contribution in [0.5, 0.6) is 0 Å². The van der Waals surface area contributed by atoms with E-state index in [2.05, 4.69) is 17.0 Å². The molecule has 0 bridgehead atoms. The first-order valence-electron chi connectivity index (χ1n) is 8.44. The molecule has 2 aliphatic heterocycles. The van der Waals surface area contributed by atoms with Crippen LogP contribution in [0, 0.1) is 5.92 Å². The number of carbonyl (C=O) groups excluding carboxylic acids is 1. The molecule has 2 fully saturated rings. The lowest BCUT2D eigenvalue weighted by molar-refractivity contribution is -0.147. The molecular weight excluding hydrogens is 292 g/mol. The van der Waals surface area contributed by atoms with Crippen molar-refractivity contribution in [3.63, 3.8) is 0 Å². The Morgan fingerprint density at radius 2 is 1.83 bits per heavy atom. The van der Waals surface area contributed by atoms with E-state index in [1.807, 2.05) is 18.2 Å². The number of carbonyl (C=O) groups is 2. The molecule has 1 aromatic rings. The number of aliphatic carboxylic acids is 1. The van der Waals surface area contributed by atoms with Crippen LogP contribution in [-0.2, 0) is 16.1 Å². The Bertz CT molecular complexity index is 561. The number of amides is 1. The quantitative estimate of drug-likeness (QED) is 0.922. The predicted molar refractivity (Wildman–Crippen MR) is 86.8 cm³/mol. The maximum Gasteiger partial charge on any atom is 0.308 e. The highest BCUT2D eigenvalue weighted by molar-refractivity contribution is 5.83. The molecule has 0 saturated carbocycles. The Hall–Kier alpha value is -1.88. The molecule has 2 saturated heterocycles. The minimum atomic E-state index is -0.782. The van der Waals surface area contributed by atoms with Crippen molar-refractivity contribution in [2.45, 2.75) is 38.3 Å². The fourth-order valence-electron chi connectivity index (χ4n) is 3.70. The van der Waals surface area contributed by atoms with Crippen LogP contribution in [0.3, 0.4) is 0 Å². The van der Waals surface area contributed by atoms with Crippen LogP contribution in [0.4, 0.5) is 0 Å². The Morgan fingerprint density at radius 3 is 2.57 bits per heavy atom. The molecule has 2 heterocycles. The summed E-state index contributed by atoms with van der Waals surface area (Å²) < 4.78 is 0. The summed E-state index contributed by atoms with van der Waals surface area (Å²) in [5, 5.41) is 9.20. The molecule has 1 amide bonds. The van der Waals surface area contributed by atoms with E-state index in [1.54, 1.807) is 4.90 Å². The zero-order valence-corrected chi connectivity index (χ0v) is 13.4. The first-order chi connectivity index (χ1) is 11.1. The Morgan fingerprint density at radius 1 is 1.09 bits per heavy atom. The molecule has 1 aromatic carbocycles. The highest BCUT2D eigenvalue weighted by atomic mass is 16.4. The minimum Gasteiger partial charge on any atom is -0.481 e. The smallest absolute Gasteiger partial charge is 0.308 e. The maximum atomic E-state index is 12.9. The third-order valence-corrected chi connectivity index (χ3v) is 4.96. The summed E-state index contributed by atoms with van der Waals surface area (Å²) in [7, 11) is 0. The van der Waals surface area contributed by atoms with Crippen molar-refractivity contribution in [3.8, 4) is 0 Å². The number of piperidine rings is 1. The molecule has 0 spiro atoms. The Labute approximate surface area is 136 Å². The second-order valence-electron chi connectivity index (χ2n) is 6.58. The molecule has 0 aliphatic carbocycles. The van der Waals surface area contributed by atoms with Crippen LogP contribution >= 0.6 is 0 Å². The van der Waals surface area contributed by atoms with Gasteiger partial charge in [0.15, 0.2) is 0 Å². The van der Waals surface area contributed by atoms with Gasteiger partial charge in [-0.3, -0.25) is 14.5 Å². The molecule has 5 nitrogen and oxygen atoms in total. The van der Waals surface area contributed by atoms with E-state index in [0.29, 0.717) is 19.5 Å². The Balaban J connectivity index is 1.64. The third kappa shape index (κ3) is 3.72. The number of hydrogen-bond acceptors (Lipinski definition) is 3. The molecule has 23 heavy (non-hydrogen) atoms. The van der Waals surface area contributed by atoms with Crippen LogP contribution in [0.25, 0.3) is 0 Å². The van der Waals surface area contributed by atoms with Crippen molar-refractivity contribution >= 4 is 11.9 Å². The van der Waals surface area contributed by atoms with E-state index in [-0.39, 0.29) is 11.9 Å². The second kappa shape index (κ2) is 7.13. The van der Waals surface area contributed by atoms with Gasteiger partial charge in [-0.25, -0.2) is 0 Å². The summed E-state index contributed by atoms with van der Waals surface area (Å²) in [6.45, 7) is 2.77. The van der Waals surface area contributed by atoms with E-state index < -0.39 is 11.9 Å².